The average molecular weight is 386 g/mol. The van der Waals surface area contributed by atoms with Gasteiger partial charge in [0, 0.05) is 17.1 Å². The first-order chi connectivity index (χ1) is 13.4. The molecule has 0 saturated carbocycles. The van der Waals surface area contributed by atoms with E-state index in [1.807, 2.05) is 6.20 Å². The maximum atomic E-state index is 4.76. The molecular weight excluding hydrogens is 358 g/mol. The predicted octanol–water partition coefficient (Wildman–Crippen LogP) is 7.31. The van der Waals surface area contributed by atoms with E-state index >= 15 is 0 Å². The second kappa shape index (κ2) is 7.10. The van der Waals surface area contributed by atoms with Crippen molar-refractivity contribution in [3.8, 4) is 11.3 Å². The highest BCUT2D eigenvalue weighted by Crippen LogP contribution is 2.58. The summed E-state index contributed by atoms with van der Waals surface area (Å²) < 4.78 is 0. The normalized spacial score (nSPS) is 12.3. The lowest BCUT2D eigenvalue weighted by molar-refractivity contribution is 1.27. The molecular formula is C26H27NS. The highest BCUT2D eigenvalue weighted by molar-refractivity contribution is 8.32. The number of benzene rings is 3. The molecule has 0 spiro atoms. The molecule has 0 fully saturated rings. The largest absolute Gasteiger partial charge is 0.256 e. The SMILES string of the molecule is Cc1cc(C)cc(-c2nccc3cc(S(C)(C)c4ccccc4)c(C)cc23)c1. The minimum Gasteiger partial charge on any atom is -0.256 e. The second-order valence-corrected chi connectivity index (χ2v) is 11.6. The lowest BCUT2D eigenvalue weighted by Crippen LogP contribution is -2.00. The lowest BCUT2D eigenvalue weighted by Gasteiger charge is -2.34. The smallest absolute Gasteiger partial charge is 0.0780 e. The summed E-state index contributed by atoms with van der Waals surface area (Å²) in [4.78, 5) is 7.62. The van der Waals surface area contributed by atoms with E-state index in [-0.39, 0.29) is 0 Å². The van der Waals surface area contributed by atoms with E-state index in [2.05, 4.69) is 100 Å². The van der Waals surface area contributed by atoms with Crippen LogP contribution in [0.1, 0.15) is 16.7 Å². The molecule has 2 heteroatoms. The third kappa shape index (κ3) is 3.33. The van der Waals surface area contributed by atoms with Crippen molar-refractivity contribution in [1.82, 2.24) is 4.98 Å². The van der Waals surface area contributed by atoms with Gasteiger partial charge in [0.15, 0.2) is 0 Å². The Morgan fingerprint density at radius 3 is 2.11 bits per heavy atom. The van der Waals surface area contributed by atoms with Gasteiger partial charge in [0.05, 0.1) is 5.69 Å². The highest BCUT2D eigenvalue weighted by atomic mass is 32.3. The molecule has 0 amide bonds. The van der Waals surface area contributed by atoms with Crippen LogP contribution >= 0.6 is 10.0 Å². The van der Waals surface area contributed by atoms with E-state index in [4.69, 9.17) is 4.98 Å². The monoisotopic (exact) mass is 385 g/mol. The number of rotatable bonds is 3. The standard InChI is InChI=1S/C26H27NS/c1-18-13-19(2)15-22(14-18)26-24-16-20(3)25(17-21(24)11-12-27-26)28(4,5)23-9-7-6-8-10-23/h6-17H,1-5H3. The Kier molecular flexibility index (Phi) is 4.76. The van der Waals surface area contributed by atoms with Crippen LogP contribution in [0.4, 0.5) is 0 Å². The number of aryl methyl sites for hydroxylation is 3. The Morgan fingerprint density at radius 2 is 1.43 bits per heavy atom. The molecule has 0 unspecified atom stereocenters. The first-order valence-electron chi connectivity index (χ1n) is 9.63. The van der Waals surface area contributed by atoms with Gasteiger partial charge in [0.2, 0.25) is 0 Å². The van der Waals surface area contributed by atoms with E-state index in [1.54, 1.807) is 0 Å². The molecule has 0 atom stereocenters. The number of hydrogen-bond acceptors (Lipinski definition) is 1. The molecule has 0 aliphatic carbocycles. The van der Waals surface area contributed by atoms with Crippen molar-refractivity contribution in [2.75, 3.05) is 12.5 Å². The van der Waals surface area contributed by atoms with Crippen molar-refractivity contribution in [3.63, 3.8) is 0 Å². The van der Waals surface area contributed by atoms with Crippen molar-refractivity contribution in [1.29, 1.82) is 0 Å². The zero-order valence-electron chi connectivity index (χ0n) is 17.3. The minimum absolute atomic E-state index is 1.07. The van der Waals surface area contributed by atoms with E-state index in [0.29, 0.717) is 0 Å². The Hall–Kier alpha value is -2.58. The molecule has 0 aliphatic rings. The van der Waals surface area contributed by atoms with Crippen LogP contribution in [0.2, 0.25) is 0 Å². The molecule has 4 aromatic rings. The Bertz CT molecular complexity index is 1140. The van der Waals surface area contributed by atoms with Crippen LogP contribution in [0.15, 0.2) is 82.7 Å². The number of fused-ring (bicyclic) bond motifs is 1. The predicted molar refractivity (Wildman–Crippen MR) is 124 cm³/mol. The molecule has 142 valence electrons. The van der Waals surface area contributed by atoms with Crippen molar-refractivity contribution >= 4 is 20.8 Å². The maximum Gasteiger partial charge on any atom is 0.0780 e. The Labute approximate surface area is 169 Å². The third-order valence-corrected chi connectivity index (χ3v) is 8.43. The van der Waals surface area contributed by atoms with Gasteiger partial charge in [-0.05, 0) is 96.5 Å². The van der Waals surface area contributed by atoms with Gasteiger partial charge >= 0.3 is 0 Å². The van der Waals surface area contributed by atoms with Crippen LogP contribution in [-0.2, 0) is 0 Å². The van der Waals surface area contributed by atoms with Crippen molar-refractivity contribution in [2.24, 2.45) is 0 Å². The summed E-state index contributed by atoms with van der Waals surface area (Å²) in [6.45, 7) is 6.54. The van der Waals surface area contributed by atoms with Crippen molar-refractivity contribution in [3.05, 3.63) is 89.6 Å². The topological polar surface area (TPSA) is 12.9 Å². The molecule has 0 N–H and O–H groups in total. The van der Waals surface area contributed by atoms with E-state index < -0.39 is 10.0 Å². The van der Waals surface area contributed by atoms with Crippen LogP contribution in [-0.4, -0.2) is 17.5 Å². The van der Waals surface area contributed by atoms with E-state index in [0.717, 1.165) is 5.69 Å². The van der Waals surface area contributed by atoms with Gasteiger partial charge in [-0.25, -0.2) is 0 Å². The van der Waals surface area contributed by atoms with Gasteiger partial charge in [-0.2, -0.15) is 10.0 Å². The number of nitrogens with zero attached hydrogens (tertiary/aromatic N) is 1. The quantitative estimate of drug-likeness (QED) is 0.360. The molecule has 0 aliphatic heterocycles. The van der Waals surface area contributed by atoms with Gasteiger partial charge in [-0.3, -0.25) is 4.98 Å². The van der Waals surface area contributed by atoms with Crippen LogP contribution < -0.4 is 0 Å². The molecule has 1 aromatic heterocycles. The molecule has 28 heavy (non-hydrogen) atoms. The molecule has 1 nitrogen and oxygen atoms in total. The van der Waals surface area contributed by atoms with Crippen LogP contribution in [0, 0.1) is 20.8 Å². The van der Waals surface area contributed by atoms with Gasteiger partial charge in [-0.1, -0.05) is 35.4 Å². The molecule has 4 rings (SSSR count). The summed E-state index contributed by atoms with van der Waals surface area (Å²) in [6, 6.07) is 24.4. The Morgan fingerprint density at radius 1 is 0.750 bits per heavy atom. The maximum absolute atomic E-state index is 4.76. The first-order valence-corrected chi connectivity index (χ1v) is 12.1. The number of pyridine rings is 1. The average Bonchev–Trinajstić information content (AvgIpc) is 2.67. The molecule has 0 radical (unpaired) electrons. The fourth-order valence-electron chi connectivity index (χ4n) is 4.09. The second-order valence-electron chi connectivity index (χ2n) is 8.01. The summed E-state index contributed by atoms with van der Waals surface area (Å²) in [5.41, 5.74) is 6.17. The summed E-state index contributed by atoms with van der Waals surface area (Å²) in [6.07, 6.45) is 6.73. The summed E-state index contributed by atoms with van der Waals surface area (Å²) in [5.74, 6) is 0. The lowest BCUT2D eigenvalue weighted by atomic mass is 9.99. The van der Waals surface area contributed by atoms with Gasteiger partial charge in [0.1, 0.15) is 0 Å². The summed E-state index contributed by atoms with van der Waals surface area (Å²) in [7, 11) is -1.07. The minimum atomic E-state index is -1.07. The van der Waals surface area contributed by atoms with Crippen molar-refractivity contribution < 1.29 is 0 Å². The summed E-state index contributed by atoms with van der Waals surface area (Å²) in [5, 5.41) is 2.50. The highest BCUT2D eigenvalue weighted by Gasteiger charge is 2.21. The number of hydrogen-bond donors (Lipinski definition) is 0. The zero-order chi connectivity index (χ0) is 19.9. The van der Waals surface area contributed by atoms with Crippen LogP contribution in [0.3, 0.4) is 0 Å². The molecule has 3 aromatic carbocycles. The van der Waals surface area contributed by atoms with E-state index in [9.17, 15) is 0 Å². The van der Waals surface area contributed by atoms with Gasteiger partial charge in [-0.15, -0.1) is 0 Å². The molecule has 0 bridgehead atoms. The number of aromatic nitrogens is 1. The van der Waals surface area contributed by atoms with Crippen LogP contribution in [0.25, 0.3) is 22.0 Å². The summed E-state index contributed by atoms with van der Waals surface area (Å²) >= 11 is 0. The first kappa shape index (κ1) is 18.8. The Balaban J connectivity index is 1.92. The zero-order valence-corrected chi connectivity index (χ0v) is 18.1. The third-order valence-electron chi connectivity index (χ3n) is 5.44. The molecule has 0 saturated heterocycles. The van der Waals surface area contributed by atoms with Crippen LogP contribution in [0.5, 0.6) is 0 Å². The fraction of sp³-hybridized carbons (Fsp3) is 0.192. The van der Waals surface area contributed by atoms with Gasteiger partial charge < -0.3 is 0 Å². The fourth-order valence-corrected chi connectivity index (χ4v) is 6.46. The van der Waals surface area contributed by atoms with Crippen molar-refractivity contribution in [2.45, 2.75) is 30.6 Å². The molecule has 1 heterocycles. The van der Waals surface area contributed by atoms with E-state index in [1.165, 1.54) is 42.8 Å². The van der Waals surface area contributed by atoms with Gasteiger partial charge in [0.25, 0.3) is 0 Å².